The van der Waals surface area contributed by atoms with Crippen LogP contribution in [0.4, 0.5) is 0 Å². The van der Waals surface area contributed by atoms with Crippen LogP contribution in [0.15, 0.2) is 4.99 Å². The molecule has 1 aromatic rings. The quantitative estimate of drug-likeness (QED) is 0.469. The highest BCUT2D eigenvalue weighted by atomic mass is 127. The first-order valence-corrected chi connectivity index (χ1v) is 6.90. The van der Waals surface area contributed by atoms with Crippen molar-refractivity contribution in [3.05, 3.63) is 17.0 Å². The Morgan fingerprint density at radius 2 is 1.90 bits per heavy atom. The van der Waals surface area contributed by atoms with E-state index in [-0.39, 0.29) is 29.5 Å². The third-order valence-electron chi connectivity index (χ3n) is 2.94. The van der Waals surface area contributed by atoms with Gasteiger partial charge in [-0.15, -0.1) is 24.0 Å². The number of aliphatic imine (C=N–C) groups is 1. The van der Waals surface area contributed by atoms with Crippen LogP contribution < -0.4 is 11.1 Å². The summed E-state index contributed by atoms with van der Waals surface area (Å²) >= 11 is 0. The molecule has 0 fully saturated rings. The lowest BCUT2D eigenvalue weighted by Gasteiger charge is -2.21. The van der Waals surface area contributed by atoms with Crippen molar-refractivity contribution in [1.82, 2.24) is 15.1 Å². The maximum absolute atomic E-state index is 5.91. The minimum atomic E-state index is -0.0658. The fourth-order valence-corrected chi connectivity index (χ4v) is 2.16. The van der Waals surface area contributed by atoms with Gasteiger partial charge in [0.15, 0.2) is 5.96 Å². The van der Waals surface area contributed by atoms with Crippen LogP contribution in [-0.4, -0.2) is 21.3 Å². The Labute approximate surface area is 139 Å². The minimum absolute atomic E-state index is 0. The van der Waals surface area contributed by atoms with Crippen LogP contribution in [0.5, 0.6) is 0 Å². The minimum Gasteiger partial charge on any atom is -0.370 e. The molecule has 0 bridgehead atoms. The van der Waals surface area contributed by atoms with Gasteiger partial charge in [0.05, 0.1) is 12.2 Å². The van der Waals surface area contributed by atoms with Crippen molar-refractivity contribution in [2.45, 2.75) is 59.5 Å². The number of halogens is 1. The molecule has 0 aliphatic heterocycles. The molecule has 0 radical (unpaired) electrons. The highest BCUT2D eigenvalue weighted by Gasteiger charge is 2.14. The van der Waals surface area contributed by atoms with Gasteiger partial charge in [-0.3, -0.25) is 4.68 Å². The Bertz CT molecular complexity index is 457. The van der Waals surface area contributed by atoms with Crippen molar-refractivity contribution in [3.63, 3.8) is 0 Å². The summed E-state index contributed by atoms with van der Waals surface area (Å²) < 4.78 is 1.96. The van der Waals surface area contributed by atoms with Crippen LogP contribution in [0, 0.1) is 0 Å². The first-order valence-electron chi connectivity index (χ1n) is 6.90. The van der Waals surface area contributed by atoms with Gasteiger partial charge < -0.3 is 11.1 Å². The zero-order chi connectivity index (χ0) is 14.6. The summed E-state index contributed by atoms with van der Waals surface area (Å²) in [5.74, 6) is 0.487. The molecule has 0 saturated heterocycles. The summed E-state index contributed by atoms with van der Waals surface area (Å²) in [6.45, 7) is 11.0. The zero-order valence-electron chi connectivity index (χ0n) is 13.4. The average Bonchev–Trinajstić information content (AvgIpc) is 2.59. The molecule has 1 rings (SSSR count). The Balaban J connectivity index is 0.00000361. The number of nitrogens with two attached hydrogens (primary N) is 1. The Hall–Kier alpha value is -0.790. The van der Waals surface area contributed by atoms with Crippen LogP contribution in [0.3, 0.4) is 0 Å². The lowest BCUT2D eigenvalue weighted by Crippen LogP contribution is -2.45. The predicted octanol–water partition coefficient (Wildman–Crippen LogP) is 2.37. The van der Waals surface area contributed by atoms with Crippen molar-refractivity contribution in [3.8, 4) is 0 Å². The van der Waals surface area contributed by atoms with Crippen molar-refractivity contribution in [1.29, 1.82) is 0 Å². The molecule has 6 heteroatoms. The molecule has 0 unspecified atom stereocenters. The smallest absolute Gasteiger partial charge is 0.189 e. The van der Waals surface area contributed by atoms with Gasteiger partial charge in [-0.1, -0.05) is 13.8 Å². The first-order chi connectivity index (χ1) is 8.78. The van der Waals surface area contributed by atoms with Crippen molar-refractivity contribution in [2.24, 2.45) is 17.8 Å². The summed E-state index contributed by atoms with van der Waals surface area (Å²) in [5, 5.41) is 7.71. The largest absolute Gasteiger partial charge is 0.370 e. The molecule has 0 saturated carbocycles. The zero-order valence-corrected chi connectivity index (χ0v) is 15.8. The van der Waals surface area contributed by atoms with Crippen molar-refractivity contribution < 1.29 is 0 Å². The Morgan fingerprint density at radius 3 is 2.35 bits per heavy atom. The summed E-state index contributed by atoms with van der Waals surface area (Å²) in [7, 11) is 1.99. The van der Waals surface area contributed by atoms with E-state index in [9.17, 15) is 0 Å². The van der Waals surface area contributed by atoms with Gasteiger partial charge in [-0.05, 0) is 33.6 Å². The normalized spacial score (nSPS) is 12.2. The van der Waals surface area contributed by atoms with Gasteiger partial charge in [-0.2, -0.15) is 5.10 Å². The molecule has 116 valence electrons. The molecule has 1 heterocycles. The van der Waals surface area contributed by atoms with Gasteiger partial charge in [0.1, 0.15) is 0 Å². The lowest BCUT2D eigenvalue weighted by atomic mass is 10.1. The molecular formula is C14H28IN5. The first kappa shape index (κ1) is 19.2. The van der Waals surface area contributed by atoms with E-state index in [1.807, 2.05) is 11.7 Å². The number of nitrogens with one attached hydrogen (secondary N) is 1. The second-order valence-corrected chi connectivity index (χ2v) is 5.78. The fraction of sp³-hybridized carbons (Fsp3) is 0.714. The van der Waals surface area contributed by atoms with E-state index in [0.29, 0.717) is 12.5 Å². The molecular weight excluding hydrogens is 365 g/mol. The SMILES string of the molecule is CCc1nn(C)c(CC)c1CN=C(N)NC(C)(C)C.I. The summed E-state index contributed by atoms with van der Waals surface area (Å²) in [6.07, 6.45) is 1.88. The number of hydrogen-bond acceptors (Lipinski definition) is 2. The standard InChI is InChI=1S/C14H27N5.HI/c1-7-11-10(12(8-2)19(6)18-11)9-16-13(15)17-14(3,4)5;/h7-9H2,1-6H3,(H3,15,16,17);1H. The number of guanidine groups is 1. The summed E-state index contributed by atoms with van der Waals surface area (Å²) in [5.41, 5.74) is 9.41. The van der Waals surface area contributed by atoms with E-state index < -0.39 is 0 Å². The second-order valence-electron chi connectivity index (χ2n) is 5.78. The van der Waals surface area contributed by atoms with Crippen molar-refractivity contribution in [2.75, 3.05) is 0 Å². The highest BCUT2D eigenvalue weighted by Crippen LogP contribution is 2.16. The van der Waals surface area contributed by atoms with Gasteiger partial charge in [0.25, 0.3) is 0 Å². The predicted molar refractivity (Wildman–Crippen MR) is 95.6 cm³/mol. The molecule has 5 nitrogen and oxygen atoms in total. The molecule has 0 atom stereocenters. The third-order valence-corrected chi connectivity index (χ3v) is 2.94. The van der Waals surface area contributed by atoms with Crippen LogP contribution in [-0.2, 0) is 26.4 Å². The number of rotatable bonds is 4. The van der Waals surface area contributed by atoms with Gasteiger partial charge >= 0.3 is 0 Å². The van der Waals surface area contributed by atoms with E-state index in [0.717, 1.165) is 18.5 Å². The van der Waals surface area contributed by atoms with Crippen LogP contribution in [0.2, 0.25) is 0 Å². The second kappa shape index (κ2) is 7.85. The molecule has 0 aliphatic carbocycles. The average molecular weight is 393 g/mol. The number of aryl methyl sites for hydroxylation is 2. The summed E-state index contributed by atoms with van der Waals surface area (Å²) in [6, 6.07) is 0. The van der Waals surface area contributed by atoms with E-state index in [2.05, 4.69) is 50.0 Å². The van der Waals surface area contributed by atoms with Gasteiger partial charge in [-0.25, -0.2) is 4.99 Å². The molecule has 3 N–H and O–H groups in total. The fourth-order valence-electron chi connectivity index (χ4n) is 2.16. The third kappa shape index (κ3) is 5.30. The number of nitrogens with zero attached hydrogens (tertiary/aromatic N) is 3. The maximum Gasteiger partial charge on any atom is 0.189 e. The van der Waals surface area contributed by atoms with Crippen molar-refractivity contribution >= 4 is 29.9 Å². The monoisotopic (exact) mass is 393 g/mol. The van der Waals surface area contributed by atoms with Crippen LogP contribution >= 0.6 is 24.0 Å². The Morgan fingerprint density at radius 1 is 1.30 bits per heavy atom. The number of aromatic nitrogens is 2. The molecule has 20 heavy (non-hydrogen) atoms. The summed E-state index contributed by atoms with van der Waals surface area (Å²) in [4.78, 5) is 4.44. The van der Waals surface area contributed by atoms with E-state index in [1.54, 1.807) is 0 Å². The van der Waals surface area contributed by atoms with Gasteiger partial charge in [0.2, 0.25) is 0 Å². The maximum atomic E-state index is 5.91. The molecule has 0 aliphatic rings. The van der Waals surface area contributed by atoms with Gasteiger partial charge in [0, 0.05) is 23.8 Å². The molecule has 0 aromatic carbocycles. The Kier molecular flexibility index (Phi) is 7.54. The van der Waals surface area contributed by atoms with E-state index in [4.69, 9.17) is 5.73 Å². The molecule has 0 spiro atoms. The van der Waals surface area contributed by atoms with E-state index in [1.165, 1.54) is 11.3 Å². The highest BCUT2D eigenvalue weighted by molar-refractivity contribution is 14.0. The lowest BCUT2D eigenvalue weighted by molar-refractivity contribution is 0.508. The topological polar surface area (TPSA) is 68.2 Å². The van der Waals surface area contributed by atoms with E-state index >= 15 is 0 Å². The molecule has 1 aromatic heterocycles. The molecule has 0 amide bonds. The number of hydrogen-bond donors (Lipinski definition) is 2. The van der Waals surface area contributed by atoms with Crippen LogP contribution in [0.25, 0.3) is 0 Å². The van der Waals surface area contributed by atoms with Crippen LogP contribution in [0.1, 0.15) is 51.6 Å².